The number of carbonyl (C=O) groups excluding carboxylic acids is 1. The second-order valence-corrected chi connectivity index (χ2v) is 6.91. The third kappa shape index (κ3) is 4.63. The molecule has 8 nitrogen and oxygen atoms in total. The monoisotopic (exact) mass is 424 g/mol. The number of aromatic nitrogens is 4. The number of amides is 1. The van der Waals surface area contributed by atoms with Gasteiger partial charge >= 0.3 is 5.91 Å². The van der Waals surface area contributed by atoms with Crippen molar-refractivity contribution in [3.8, 4) is 23.5 Å². The Balaban J connectivity index is 1.56. The lowest BCUT2D eigenvalue weighted by Crippen LogP contribution is -2.24. The minimum Gasteiger partial charge on any atom is -0.438 e. The van der Waals surface area contributed by atoms with E-state index >= 15 is 0 Å². The van der Waals surface area contributed by atoms with Crippen LogP contribution >= 0.6 is 0 Å². The number of hydrogen-bond acceptors (Lipinski definition) is 7. The third-order valence-electron chi connectivity index (χ3n) is 4.64. The zero-order valence-electron chi connectivity index (χ0n) is 17.8. The Kier molecular flexibility index (Phi) is 5.90. The smallest absolute Gasteiger partial charge is 0.302 e. The molecule has 4 rings (SSSR count). The lowest BCUT2D eigenvalue weighted by molar-refractivity contribution is -0.113. The summed E-state index contributed by atoms with van der Waals surface area (Å²) >= 11 is 0. The van der Waals surface area contributed by atoms with Crippen molar-refractivity contribution in [3.63, 3.8) is 0 Å². The van der Waals surface area contributed by atoms with Gasteiger partial charge in [0.15, 0.2) is 0 Å². The SMILES string of the molecule is CC#CC(=O)N(C)c1ccc2ncnc(Nc3ccc(Oc4cnc(C)cn4)cc3)c2c1. The topological polar surface area (TPSA) is 93.1 Å². The molecule has 0 aliphatic carbocycles. The van der Waals surface area contributed by atoms with Crippen molar-refractivity contribution in [1.82, 2.24) is 19.9 Å². The summed E-state index contributed by atoms with van der Waals surface area (Å²) in [5, 5.41) is 4.08. The molecule has 2 aromatic carbocycles. The van der Waals surface area contributed by atoms with Crippen LogP contribution in [0.2, 0.25) is 0 Å². The standard InChI is InChI=1S/C24H20N6O2/c1-4-5-23(31)30(3)18-8-11-21-20(12-18)24(28-15-27-21)29-17-6-9-19(10-7-17)32-22-14-25-16(2)13-26-22/h6-15H,1-3H3,(H,27,28,29). The first-order chi connectivity index (χ1) is 15.5. The molecule has 2 heterocycles. The van der Waals surface area contributed by atoms with Crippen molar-refractivity contribution >= 4 is 34.0 Å². The Labute approximate surface area is 185 Å². The summed E-state index contributed by atoms with van der Waals surface area (Å²) in [6, 6.07) is 12.9. The quantitative estimate of drug-likeness (QED) is 0.479. The molecule has 1 amide bonds. The number of fused-ring (bicyclic) bond motifs is 1. The third-order valence-corrected chi connectivity index (χ3v) is 4.64. The van der Waals surface area contributed by atoms with Gasteiger partial charge in [0, 0.05) is 23.8 Å². The number of ether oxygens (including phenoxy) is 1. The number of aryl methyl sites for hydroxylation is 1. The number of hydrogen-bond donors (Lipinski definition) is 1. The van der Waals surface area contributed by atoms with Crippen molar-refractivity contribution in [2.45, 2.75) is 13.8 Å². The molecule has 0 saturated heterocycles. The van der Waals surface area contributed by atoms with Gasteiger partial charge < -0.3 is 15.0 Å². The van der Waals surface area contributed by atoms with E-state index in [2.05, 4.69) is 37.1 Å². The van der Waals surface area contributed by atoms with Crippen LogP contribution in [0.4, 0.5) is 17.2 Å². The molecular formula is C24H20N6O2. The van der Waals surface area contributed by atoms with E-state index in [9.17, 15) is 4.79 Å². The van der Waals surface area contributed by atoms with Crippen LogP contribution < -0.4 is 15.0 Å². The Bertz CT molecular complexity index is 1320. The molecule has 0 bridgehead atoms. The maximum absolute atomic E-state index is 12.1. The van der Waals surface area contributed by atoms with E-state index in [0.717, 1.165) is 22.3 Å². The normalized spacial score (nSPS) is 10.2. The van der Waals surface area contributed by atoms with E-state index in [4.69, 9.17) is 4.74 Å². The fraction of sp³-hybridized carbons (Fsp3) is 0.125. The van der Waals surface area contributed by atoms with E-state index in [1.165, 1.54) is 11.2 Å². The maximum Gasteiger partial charge on any atom is 0.302 e. The van der Waals surface area contributed by atoms with Gasteiger partial charge in [-0.3, -0.25) is 9.78 Å². The van der Waals surface area contributed by atoms with Crippen molar-refractivity contribution in [2.75, 3.05) is 17.3 Å². The van der Waals surface area contributed by atoms with Crippen LogP contribution in [0.1, 0.15) is 12.6 Å². The van der Waals surface area contributed by atoms with E-state index in [1.807, 2.05) is 49.4 Å². The predicted octanol–water partition coefficient (Wildman–Crippen LogP) is 4.25. The predicted molar refractivity (Wildman–Crippen MR) is 123 cm³/mol. The first-order valence-electron chi connectivity index (χ1n) is 9.82. The summed E-state index contributed by atoms with van der Waals surface area (Å²) < 4.78 is 5.72. The largest absolute Gasteiger partial charge is 0.438 e. The molecule has 4 aromatic rings. The van der Waals surface area contributed by atoms with Crippen LogP contribution in [0, 0.1) is 18.8 Å². The number of anilines is 3. The summed E-state index contributed by atoms with van der Waals surface area (Å²) in [5.41, 5.74) is 3.10. The molecular weight excluding hydrogens is 404 g/mol. The van der Waals surface area contributed by atoms with Crippen molar-refractivity contribution in [2.24, 2.45) is 0 Å². The highest BCUT2D eigenvalue weighted by Gasteiger charge is 2.11. The molecule has 32 heavy (non-hydrogen) atoms. The van der Waals surface area contributed by atoms with E-state index < -0.39 is 0 Å². The Morgan fingerprint density at radius 2 is 1.84 bits per heavy atom. The molecule has 0 unspecified atom stereocenters. The summed E-state index contributed by atoms with van der Waals surface area (Å²) in [4.78, 5) is 30.7. The average molecular weight is 424 g/mol. The maximum atomic E-state index is 12.1. The first-order valence-corrected chi connectivity index (χ1v) is 9.82. The molecule has 1 N–H and O–H groups in total. The summed E-state index contributed by atoms with van der Waals surface area (Å²) in [6.45, 7) is 3.50. The van der Waals surface area contributed by atoms with Crippen LogP contribution in [0.15, 0.2) is 61.2 Å². The van der Waals surface area contributed by atoms with Gasteiger partial charge in [0.25, 0.3) is 0 Å². The lowest BCUT2D eigenvalue weighted by Gasteiger charge is -2.16. The summed E-state index contributed by atoms with van der Waals surface area (Å²) in [7, 11) is 1.68. The molecule has 0 fully saturated rings. The van der Waals surface area contributed by atoms with Gasteiger partial charge in [-0.1, -0.05) is 5.92 Å². The molecule has 8 heteroatoms. The summed E-state index contributed by atoms with van der Waals surface area (Å²) in [6.07, 6.45) is 4.73. The highest BCUT2D eigenvalue weighted by Crippen LogP contribution is 2.28. The number of nitrogens with zero attached hydrogens (tertiary/aromatic N) is 5. The molecule has 0 saturated carbocycles. The van der Waals surface area contributed by atoms with E-state index in [-0.39, 0.29) is 5.91 Å². The van der Waals surface area contributed by atoms with Gasteiger partial charge in [0.2, 0.25) is 5.88 Å². The fourth-order valence-electron chi connectivity index (χ4n) is 2.96. The van der Waals surface area contributed by atoms with Crippen molar-refractivity contribution in [3.05, 3.63) is 66.9 Å². The van der Waals surface area contributed by atoms with Crippen LogP contribution in [0.3, 0.4) is 0 Å². The van der Waals surface area contributed by atoms with Gasteiger partial charge in [0.05, 0.1) is 23.6 Å². The Morgan fingerprint density at radius 1 is 1.03 bits per heavy atom. The summed E-state index contributed by atoms with van der Waals surface area (Å²) in [5.74, 6) is 6.57. The van der Waals surface area contributed by atoms with E-state index in [1.54, 1.807) is 26.4 Å². The zero-order chi connectivity index (χ0) is 22.5. The van der Waals surface area contributed by atoms with Gasteiger partial charge in [-0.2, -0.15) is 0 Å². The first kappa shape index (κ1) is 20.8. The van der Waals surface area contributed by atoms with Crippen molar-refractivity contribution < 1.29 is 9.53 Å². The number of rotatable bonds is 5. The number of benzene rings is 2. The molecule has 2 aromatic heterocycles. The second kappa shape index (κ2) is 9.10. The van der Waals surface area contributed by atoms with Crippen molar-refractivity contribution in [1.29, 1.82) is 0 Å². The highest BCUT2D eigenvalue weighted by atomic mass is 16.5. The van der Waals surface area contributed by atoms with Crippen LogP contribution in [0.25, 0.3) is 10.9 Å². The van der Waals surface area contributed by atoms with Gasteiger partial charge in [0.1, 0.15) is 17.9 Å². The highest BCUT2D eigenvalue weighted by molar-refractivity contribution is 6.06. The molecule has 158 valence electrons. The minimum absolute atomic E-state index is 0.285. The van der Waals surface area contributed by atoms with Gasteiger partial charge in [-0.05, 0) is 62.2 Å². The molecule has 0 atom stereocenters. The van der Waals surface area contributed by atoms with E-state index in [0.29, 0.717) is 23.1 Å². The number of carbonyl (C=O) groups is 1. The molecule has 0 spiro atoms. The zero-order valence-corrected chi connectivity index (χ0v) is 17.8. The van der Waals surface area contributed by atoms with Gasteiger partial charge in [-0.25, -0.2) is 15.0 Å². The van der Waals surface area contributed by atoms with Gasteiger partial charge in [-0.15, -0.1) is 0 Å². The Morgan fingerprint density at radius 3 is 2.56 bits per heavy atom. The molecule has 0 radical (unpaired) electrons. The fourth-order valence-corrected chi connectivity index (χ4v) is 2.96. The average Bonchev–Trinajstić information content (AvgIpc) is 2.81. The lowest BCUT2D eigenvalue weighted by atomic mass is 10.2. The minimum atomic E-state index is -0.285. The Hall–Kier alpha value is -4.51. The van der Waals surface area contributed by atoms with Crippen LogP contribution in [-0.2, 0) is 4.79 Å². The molecule has 0 aliphatic rings. The second-order valence-electron chi connectivity index (χ2n) is 6.91. The van der Waals surface area contributed by atoms with Crippen LogP contribution in [0.5, 0.6) is 11.6 Å². The number of nitrogens with one attached hydrogen (secondary N) is 1. The molecule has 0 aliphatic heterocycles. The van der Waals surface area contributed by atoms with Crippen LogP contribution in [-0.4, -0.2) is 32.9 Å².